The van der Waals surface area contributed by atoms with E-state index in [-0.39, 0.29) is 11.4 Å². The van der Waals surface area contributed by atoms with Crippen molar-refractivity contribution in [2.24, 2.45) is 0 Å². The summed E-state index contributed by atoms with van der Waals surface area (Å²) in [7, 11) is 0. The molecule has 0 bridgehead atoms. The van der Waals surface area contributed by atoms with Crippen molar-refractivity contribution >= 4 is 11.6 Å². The highest BCUT2D eigenvalue weighted by Gasteiger charge is 2.13. The summed E-state index contributed by atoms with van der Waals surface area (Å²) in [6.07, 6.45) is 1.14. The number of ether oxygens (including phenoxy) is 1. The third-order valence-electron chi connectivity index (χ3n) is 2.53. The van der Waals surface area contributed by atoms with Gasteiger partial charge in [-0.3, -0.25) is 4.79 Å². The molecule has 1 amide bonds. The minimum atomic E-state index is -0.186. The number of carbonyl (C=O) groups excluding carboxylic acids is 1. The van der Waals surface area contributed by atoms with Gasteiger partial charge in [-0.25, -0.2) is 0 Å². The Hall–Kier alpha value is -1.71. The van der Waals surface area contributed by atoms with Gasteiger partial charge >= 0.3 is 0 Å². The van der Waals surface area contributed by atoms with Gasteiger partial charge in [0, 0.05) is 12.0 Å². The van der Waals surface area contributed by atoms with Crippen molar-refractivity contribution in [3.05, 3.63) is 23.8 Å². The number of benzene rings is 1. The predicted molar refractivity (Wildman–Crippen MR) is 78.2 cm³/mol. The summed E-state index contributed by atoms with van der Waals surface area (Å²) in [5, 5.41) is 2.94. The molecule has 0 fully saturated rings. The maximum Gasteiger partial charge on any atom is 0.220 e. The van der Waals surface area contributed by atoms with Crippen LogP contribution in [0, 0.1) is 0 Å². The molecule has 1 aromatic rings. The quantitative estimate of drug-likeness (QED) is 0.803. The highest BCUT2D eigenvalue weighted by molar-refractivity contribution is 5.77. The molecule has 4 heteroatoms. The number of hydrogen-bond donors (Lipinski definition) is 2. The number of nitrogens with one attached hydrogen (secondary N) is 1. The number of nitrogen functional groups attached to an aromatic ring is 1. The summed E-state index contributed by atoms with van der Waals surface area (Å²) >= 11 is 0. The number of rotatable bonds is 5. The number of amides is 1. The van der Waals surface area contributed by atoms with Crippen LogP contribution < -0.4 is 15.8 Å². The number of hydrogen-bond acceptors (Lipinski definition) is 3. The van der Waals surface area contributed by atoms with Crippen molar-refractivity contribution in [3.63, 3.8) is 0 Å². The smallest absolute Gasteiger partial charge is 0.220 e. The molecule has 0 aliphatic carbocycles. The van der Waals surface area contributed by atoms with Crippen LogP contribution in [0.2, 0.25) is 0 Å². The third kappa shape index (κ3) is 5.64. The molecule has 0 atom stereocenters. The average Bonchev–Trinajstić information content (AvgIpc) is 2.27. The van der Waals surface area contributed by atoms with Gasteiger partial charge in [0.1, 0.15) is 5.75 Å². The fraction of sp³-hybridized carbons (Fsp3) is 0.533. The van der Waals surface area contributed by atoms with Crippen LogP contribution in [0.15, 0.2) is 18.2 Å². The second kappa shape index (κ2) is 6.45. The van der Waals surface area contributed by atoms with E-state index in [4.69, 9.17) is 10.5 Å². The summed E-state index contributed by atoms with van der Waals surface area (Å²) in [5.41, 5.74) is 7.37. The summed E-state index contributed by atoms with van der Waals surface area (Å²) in [5.74, 6) is 0.755. The first-order valence-corrected chi connectivity index (χ1v) is 6.64. The standard InChI is InChI=1S/C15H24N2O2/c1-5-19-13-8-6-11(10-12(13)16)7-9-14(18)17-15(2,3)4/h6,8,10H,5,7,9,16H2,1-4H3,(H,17,18). The number of anilines is 1. The lowest BCUT2D eigenvalue weighted by Gasteiger charge is -2.20. The Morgan fingerprint density at radius 1 is 1.37 bits per heavy atom. The zero-order chi connectivity index (χ0) is 14.5. The van der Waals surface area contributed by atoms with E-state index >= 15 is 0 Å². The van der Waals surface area contributed by atoms with Crippen LogP contribution in [0.1, 0.15) is 39.7 Å². The zero-order valence-corrected chi connectivity index (χ0v) is 12.2. The Kier molecular flexibility index (Phi) is 5.21. The molecule has 1 rings (SSSR count). The van der Waals surface area contributed by atoms with Crippen LogP contribution in [0.5, 0.6) is 5.75 Å². The van der Waals surface area contributed by atoms with Gasteiger partial charge in [-0.2, -0.15) is 0 Å². The van der Waals surface area contributed by atoms with E-state index in [9.17, 15) is 4.79 Å². The predicted octanol–water partition coefficient (Wildman–Crippen LogP) is 2.51. The molecule has 0 aliphatic heterocycles. The summed E-state index contributed by atoms with van der Waals surface area (Å²) < 4.78 is 5.38. The topological polar surface area (TPSA) is 64.3 Å². The SMILES string of the molecule is CCOc1ccc(CCC(=O)NC(C)(C)C)cc1N. The van der Waals surface area contributed by atoms with Crippen molar-refractivity contribution in [3.8, 4) is 5.75 Å². The van der Waals surface area contributed by atoms with Gasteiger partial charge in [0.05, 0.1) is 12.3 Å². The monoisotopic (exact) mass is 264 g/mol. The Morgan fingerprint density at radius 2 is 2.05 bits per heavy atom. The van der Waals surface area contributed by atoms with Crippen molar-refractivity contribution in [2.75, 3.05) is 12.3 Å². The third-order valence-corrected chi connectivity index (χ3v) is 2.53. The first kappa shape index (κ1) is 15.3. The van der Waals surface area contributed by atoms with E-state index in [1.165, 1.54) is 0 Å². The molecule has 106 valence electrons. The maximum atomic E-state index is 11.7. The molecule has 19 heavy (non-hydrogen) atoms. The van der Waals surface area contributed by atoms with Crippen LogP contribution in [0.3, 0.4) is 0 Å². The molecular formula is C15H24N2O2. The first-order valence-electron chi connectivity index (χ1n) is 6.64. The normalized spacial score (nSPS) is 11.2. The minimum Gasteiger partial charge on any atom is -0.492 e. The van der Waals surface area contributed by atoms with Crippen molar-refractivity contribution < 1.29 is 9.53 Å². The fourth-order valence-corrected chi connectivity index (χ4v) is 1.78. The number of nitrogens with two attached hydrogens (primary N) is 1. The molecule has 4 nitrogen and oxygen atoms in total. The Morgan fingerprint density at radius 3 is 2.58 bits per heavy atom. The molecule has 0 aliphatic rings. The number of aryl methyl sites for hydroxylation is 1. The second-order valence-electron chi connectivity index (χ2n) is 5.60. The lowest BCUT2D eigenvalue weighted by Crippen LogP contribution is -2.40. The van der Waals surface area contributed by atoms with Crippen LogP contribution in [0.4, 0.5) is 5.69 Å². The van der Waals surface area contributed by atoms with E-state index in [1.54, 1.807) is 0 Å². The van der Waals surface area contributed by atoms with Crippen LogP contribution in [0.25, 0.3) is 0 Å². The Balaban J connectivity index is 2.54. The average molecular weight is 264 g/mol. The molecule has 3 N–H and O–H groups in total. The van der Waals surface area contributed by atoms with Crippen LogP contribution in [-0.2, 0) is 11.2 Å². The van der Waals surface area contributed by atoms with Gasteiger partial charge < -0.3 is 15.8 Å². The second-order valence-corrected chi connectivity index (χ2v) is 5.60. The minimum absolute atomic E-state index is 0.0555. The van der Waals surface area contributed by atoms with Gasteiger partial charge in [-0.15, -0.1) is 0 Å². The lowest BCUT2D eigenvalue weighted by atomic mass is 10.1. The highest BCUT2D eigenvalue weighted by Crippen LogP contribution is 2.23. The van der Waals surface area contributed by atoms with Gasteiger partial charge in [0.25, 0.3) is 0 Å². The molecule has 1 aromatic carbocycles. The van der Waals surface area contributed by atoms with E-state index in [0.29, 0.717) is 30.9 Å². The highest BCUT2D eigenvalue weighted by atomic mass is 16.5. The molecule has 0 aromatic heterocycles. The van der Waals surface area contributed by atoms with Crippen LogP contribution >= 0.6 is 0 Å². The molecule has 0 spiro atoms. The molecule has 0 saturated heterocycles. The summed E-state index contributed by atoms with van der Waals surface area (Å²) in [6, 6.07) is 5.68. The van der Waals surface area contributed by atoms with Gasteiger partial charge in [-0.1, -0.05) is 6.07 Å². The molecule has 0 saturated carbocycles. The van der Waals surface area contributed by atoms with Crippen molar-refractivity contribution in [1.29, 1.82) is 0 Å². The maximum absolute atomic E-state index is 11.7. The van der Waals surface area contributed by atoms with E-state index in [0.717, 1.165) is 5.56 Å². The number of carbonyl (C=O) groups is 1. The molecular weight excluding hydrogens is 240 g/mol. The molecule has 0 heterocycles. The summed E-state index contributed by atoms with van der Waals surface area (Å²) in [6.45, 7) is 8.43. The van der Waals surface area contributed by atoms with E-state index < -0.39 is 0 Å². The van der Waals surface area contributed by atoms with Gasteiger partial charge in [0.15, 0.2) is 0 Å². The van der Waals surface area contributed by atoms with Gasteiger partial charge in [-0.05, 0) is 51.8 Å². The molecule has 0 unspecified atom stereocenters. The Bertz CT molecular complexity index is 436. The lowest BCUT2D eigenvalue weighted by molar-refractivity contribution is -0.122. The van der Waals surface area contributed by atoms with Crippen molar-refractivity contribution in [1.82, 2.24) is 5.32 Å². The fourth-order valence-electron chi connectivity index (χ4n) is 1.78. The first-order chi connectivity index (χ1) is 8.81. The van der Waals surface area contributed by atoms with Crippen molar-refractivity contribution in [2.45, 2.75) is 46.1 Å². The van der Waals surface area contributed by atoms with E-state index in [2.05, 4.69) is 5.32 Å². The van der Waals surface area contributed by atoms with E-state index in [1.807, 2.05) is 45.9 Å². The zero-order valence-electron chi connectivity index (χ0n) is 12.2. The Labute approximate surface area is 115 Å². The molecule has 0 radical (unpaired) electrons. The van der Waals surface area contributed by atoms with Gasteiger partial charge in [0.2, 0.25) is 5.91 Å². The van der Waals surface area contributed by atoms with Crippen LogP contribution in [-0.4, -0.2) is 18.1 Å². The largest absolute Gasteiger partial charge is 0.492 e. The summed E-state index contributed by atoms with van der Waals surface area (Å²) in [4.78, 5) is 11.7.